The fourth-order valence-electron chi connectivity index (χ4n) is 4.79. The number of aromatic nitrogens is 1. The zero-order valence-electron chi connectivity index (χ0n) is 20.2. The molecule has 2 aromatic carbocycles. The van der Waals surface area contributed by atoms with Gasteiger partial charge < -0.3 is 14.9 Å². The first-order chi connectivity index (χ1) is 17.7. The molecule has 7 nitrogen and oxygen atoms in total. The Balaban J connectivity index is 1.75. The molecule has 2 N–H and O–H groups in total. The summed E-state index contributed by atoms with van der Waals surface area (Å²) in [5.74, 6) is -1.36. The molecule has 3 aromatic rings. The predicted molar refractivity (Wildman–Crippen MR) is 139 cm³/mol. The maximum atomic E-state index is 13.9. The van der Waals surface area contributed by atoms with Crippen molar-refractivity contribution >= 4 is 35.0 Å². The number of fused-ring (bicyclic) bond motifs is 1. The number of aliphatic hydroxyl groups is 2. The summed E-state index contributed by atoms with van der Waals surface area (Å²) in [5.41, 5.74) is 0.731. The summed E-state index contributed by atoms with van der Waals surface area (Å²) in [6, 6.07) is 15.8. The lowest BCUT2D eigenvalue weighted by atomic mass is 9.88. The minimum atomic E-state index is -1.62. The Morgan fingerprint density at radius 1 is 1.08 bits per heavy atom. The third-order valence-electron chi connectivity index (χ3n) is 7.10. The first-order valence-electron chi connectivity index (χ1n) is 12.0. The Morgan fingerprint density at radius 3 is 2.35 bits per heavy atom. The van der Waals surface area contributed by atoms with Crippen molar-refractivity contribution in [2.45, 2.75) is 38.0 Å². The number of pyridine rings is 1. The average Bonchev–Trinajstić information content (AvgIpc) is 3.64. The van der Waals surface area contributed by atoms with E-state index >= 15 is 0 Å². The maximum Gasteiger partial charge on any atom is 0.263 e. The molecular formula is C28H26Cl2N2O5. The highest BCUT2D eigenvalue weighted by Gasteiger charge is 2.57. The fourth-order valence-corrected chi connectivity index (χ4v) is 5.03. The molecule has 1 unspecified atom stereocenters. The van der Waals surface area contributed by atoms with Gasteiger partial charge in [-0.25, -0.2) is 4.90 Å². The van der Waals surface area contributed by atoms with Gasteiger partial charge in [0.2, 0.25) is 0 Å². The van der Waals surface area contributed by atoms with Gasteiger partial charge in [-0.2, -0.15) is 0 Å². The van der Waals surface area contributed by atoms with E-state index in [0.29, 0.717) is 32.4 Å². The van der Waals surface area contributed by atoms with E-state index in [0.717, 1.165) is 23.3 Å². The molecule has 2 atom stereocenters. The molecule has 1 saturated carbocycles. The minimum absolute atomic E-state index is 0.0213. The largest absolute Gasteiger partial charge is 0.396 e. The lowest BCUT2D eigenvalue weighted by molar-refractivity contribution is -0.178. The second-order valence-corrected chi connectivity index (χ2v) is 10.6. The molecule has 0 saturated heterocycles. The van der Waals surface area contributed by atoms with Crippen LogP contribution in [0.15, 0.2) is 60.8 Å². The van der Waals surface area contributed by atoms with Crippen LogP contribution in [0.25, 0.3) is 11.1 Å². The van der Waals surface area contributed by atoms with Gasteiger partial charge in [-0.3, -0.25) is 14.6 Å². The zero-order valence-corrected chi connectivity index (χ0v) is 21.7. The highest BCUT2D eigenvalue weighted by Crippen LogP contribution is 2.51. The number of aliphatic hydroxyl groups excluding tert-OH is 2. The van der Waals surface area contributed by atoms with Crippen LogP contribution in [-0.4, -0.2) is 51.2 Å². The van der Waals surface area contributed by atoms with Crippen LogP contribution in [0.4, 0.5) is 0 Å². The van der Waals surface area contributed by atoms with E-state index in [9.17, 15) is 19.8 Å². The van der Waals surface area contributed by atoms with Gasteiger partial charge in [0.1, 0.15) is 6.10 Å². The monoisotopic (exact) mass is 540 g/mol. The SMILES string of the molecule is CC(O)C(=O)N1C(=O)c2cccc(-c3ccc(Cl)cc3)c2[C@@]1(Cc1ccc(Cl)cn1)OCC1(CO)CC1. The van der Waals surface area contributed by atoms with Crippen LogP contribution in [0.5, 0.6) is 0 Å². The zero-order chi connectivity index (χ0) is 26.4. The molecule has 0 radical (unpaired) electrons. The Labute approximate surface area is 224 Å². The number of imide groups is 1. The Kier molecular flexibility index (Phi) is 6.85. The van der Waals surface area contributed by atoms with E-state index in [1.165, 1.54) is 13.1 Å². The van der Waals surface area contributed by atoms with Crippen molar-refractivity contribution in [1.29, 1.82) is 0 Å². The van der Waals surface area contributed by atoms with Gasteiger partial charge in [0.25, 0.3) is 11.8 Å². The fraction of sp³-hybridized carbons (Fsp3) is 0.321. The first kappa shape index (κ1) is 25.8. The van der Waals surface area contributed by atoms with Gasteiger partial charge in [-0.1, -0.05) is 47.5 Å². The third kappa shape index (κ3) is 4.67. The molecule has 0 spiro atoms. The summed E-state index contributed by atoms with van der Waals surface area (Å²) >= 11 is 12.2. The van der Waals surface area contributed by atoms with Gasteiger partial charge >= 0.3 is 0 Å². The number of nitrogens with zero attached hydrogens (tertiary/aromatic N) is 2. The van der Waals surface area contributed by atoms with Crippen LogP contribution < -0.4 is 0 Å². The molecule has 9 heteroatoms. The molecule has 1 aromatic heterocycles. The number of hydrogen-bond acceptors (Lipinski definition) is 6. The predicted octanol–water partition coefficient (Wildman–Crippen LogP) is 4.60. The molecule has 1 aliphatic heterocycles. The summed E-state index contributed by atoms with van der Waals surface area (Å²) < 4.78 is 6.62. The number of halogens is 2. The molecule has 5 rings (SSSR count). The number of benzene rings is 2. The van der Waals surface area contributed by atoms with Gasteiger partial charge in [0.15, 0.2) is 5.72 Å². The Bertz CT molecular complexity index is 1340. The van der Waals surface area contributed by atoms with Crippen molar-refractivity contribution in [2.75, 3.05) is 13.2 Å². The summed E-state index contributed by atoms with van der Waals surface area (Å²) in [6.07, 6.45) is 1.59. The summed E-state index contributed by atoms with van der Waals surface area (Å²) in [7, 11) is 0. The van der Waals surface area contributed by atoms with E-state index in [-0.39, 0.29) is 19.6 Å². The number of ether oxygens (including phenoxy) is 1. The van der Waals surface area contributed by atoms with Crippen molar-refractivity contribution in [3.63, 3.8) is 0 Å². The lowest BCUT2D eigenvalue weighted by Crippen LogP contribution is -2.54. The van der Waals surface area contributed by atoms with E-state index in [2.05, 4.69) is 4.98 Å². The number of carbonyl (C=O) groups is 2. The van der Waals surface area contributed by atoms with E-state index in [1.54, 1.807) is 36.4 Å². The van der Waals surface area contributed by atoms with Crippen LogP contribution in [0.3, 0.4) is 0 Å². The van der Waals surface area contributed by atoms with Crippen molar-refractivity contribution in [3.05, 3.63) is 87.7 Å². The normalized spacial score (nSPS) is 20.6. The first-order valence-corrected chi connectivity index (χ1v) is 12.8. The highest BCUT2D eigenvalue weighted by atomic mass is 35.5. The molecule has 1 fully saturated rings. The van der Waals surface area contributed by atoms with Crippen LogP contribution in [0.1, 0.15) is 41.4 Å². The summed E-state index contributed by atoms with van der Waals surface area (Å²) in [5, 5.41) is 21.3. The highest BCUT2D eigenvalue weighted by molar-refractivity contribution is 6.30. The second kappa shape index (κ2) is 9.82. The molecule has 2 heterocycles. The molecule has 0 bridgehead atoms. The van der Waals surface area contributed by atoms with Crippen molar-refractivity contribution < 1.29 is 24.5 Å². The number of carbonyl (C=O) groups excluding carboxylic acids is 2. The number of hydrogen-bond donors (Lipinski definition) is 2. The quantitative estimate of drug-likeness (QED) is 0.433. The summed E-state index contributed by atoms with van der Waals surface area (Å²) in [4.78, 5) is 32.8. The molecule has 2 amide bonds. The number of rotatable bonds is 8. The molecule has 1 aliphatic carbocycles. The Hall–Kier alpha value is -2.81. The van der Waals surface area contributed by atoms with Crippen LogP contribution in [-0.2, 0) is 21.7 Å². The number of amides is 2. The second-order valence-electron chi connectivity index (χ2n) is 9.77. The summed E-state index contributed by atoms with van der Waals surface area (Å²) in [6.45, 7) is 1.36. The molecule has 2 aliphatic rings. The van der Waals surface area contributed by atoms with E-state index < -0.39 is 29.1 Å². The van der Waals surface area contributed by atoms with Crippen LogP contribution in [0, 0.1) is 5.41 Å². The smallest absolute Gasteiger partial charge is 0.263 e. The average molecular weight is 541 g/mol. The standard InChI is InChI=1S/C28H26Cl2N2O5/c1-17(34)25(35)32-26(36)23-4-2-3-22(18-5-7-19(29)8-6-18)24(23)28(32,37-16-27(15-33)11-12-27)13-21-10-9-20(30)14-31-21/h2-10,14,17,33-34H,11-13,15-16H2,1H3/t17?,28-/m1/s1. The van der Waals surface area contributed by atoms with Gasteiger partial charge in [0, 0.05) is 39.9 Å². The Morgan fingerprint density at radius 2 is 1.76 bits per heavy atom. The van der Waals surface area contributed by atoms with E-state index in [1.807, 2.05) is 18.2 Å². The van der Waals surface area contributed by atoms with Crippen molar-refractivity contribution in [3.8, 4) is 11.1 Å². The van der Waals surface area contributed by atoms with Crippen molar-refractivity contribution in [2.24, 2.45) is 5.41 Å². The lowest BCUT2D eigenvalue weighted by Gasteiger charge is -2.40. The molecule has 192 valence electrons. The van der Waals surface area contributed by atoms with Gasteiger partial charge in [0.05, 0.1) is 18.2 Å². The molecular weight excluding hydrogens is 515 g/mol. The van der Waals surface area contributed by atoms with E-state index in [4.69, 9.17) is 27.9 Å². The topological polar surface area (TPSA) is 100.0 Å². The van der Waals surface area contributed by atoms with Crippen LogP contribution in [0.2, 0.25) is 10.0 Å². The minimum Gasteiger partial charge on any atom is -0.396 e. The third-order valence-corrected chi connectivity index (χ3v) is 7.58. The van der Waals surface area contributed by atoms with Crippen LogP contribution >= 0.6 is 23.2 Å². The maximum absolute atomic E-state index is 13.9. The van der Waals surface area contributed by atoms with Gasteiger partial charge in [-0.05, 0) is 61.2 Å². The molecule has 37 heavy (non-hydrogen) atoms. The van der Waals surface area contributed by atoms with Crippen molar-refractivity contribution in [1.82, 2.24) is 9.88 Å². The van der Waals surface area contributed by atoms with Gasteiger partial charge in [-0.15, -0.1) is 0 Å².